The highest BCUT2D eigenvalue weighted by Crippen LogP contribution is 2.51. The summed E-state index contributed by atoms with van der Waals surface area (Å²) < 4.78 is 14.1. The number of thioether (sulfide) groups is 1. The quantitative estimate of drug-likeness (QED) is 0.338. The molecule has 0 radical (unpaired) electrons. The molecule has 5 atom stereocenters. The van der Waals surface area contributed by atoms with E-state index in [4.69, 9.17) is 9.47 Å². The van der Waals surface area contributed by atoms with Crippen LogP contribution in [0.1, 0.15) is 39.3 Å². The van der Waals surface area contributed by atoms with Crippen molar-refractivity contribution in [1.82, 2.24) is 10.2 Å². The van der Waals surface area contributed by atoms with Crippen molar-refractivity contribution in [3.05, 3.63) is 35.9 Å². The van der Waals surface area contributed by atoms with Crippen LogP contribution in [-0.4, -0.2) is 63.9 Å². The Morgan fingerprint density at radius 2 is 1.88 bits per heavy atom. The minimum absolute atomic E-state index is 0.126. The number of carbonyl (C=O) groups excluding carboxylic acids is 4. The van der Waals surface area contributed by atoms with Crippen molar-refractivity contribution in [3.8, 4) is 0 Å². The zero-order valence-corrected chi connectivity index (χ0v) is 19.2. The number of rotatable bonds is 7. The molecule has 5 unspecified atom stereocenters. The fourth-order valence-electron chi connectivity index (χ4n) is 3.76. The zero-order chi connectivity index (χ0) is 23.6. The summed E-state index contributed by atoms with van der Waals surface area (Å²) in [6, 6.07) is 6.75. The summed E-state index contributed by atoms with van der Waals surface area (Å²) in [5, 5.41) is 2.35. The second kappa shape index (κ2) is 9.37. The fourth-order valence-corrected chi connectivity index (χ4v) is 5.38. The molecule has 2 heterocycles. The number of ether oxygens (including phenoxy) is 3. The highest BCUT2D eigenvalue weighted by atomic mass is 32.2. The van der Waals surface area contributed by atoms with Crippen LogP contribution in [0.15, 0.2) is 30.3 Å². The second-order valence-corrected chi connectivity index (χ2v) is 9.79. The first-order chi connectivity index (χ1) is 15.1. The lowest BCUT2D eigenvalue weighted by atomic mass is 9.95. The number of hydrogen-bond acceptors (Lipinski definition) is 8. The number of quaternary nitrogens is 1. The third-order valence-electron chi connectivity index (χ3n) is 5.29. The molecule has 0 spiro atoms. The van der Waals surface area contributed by atoms with Crippen LogP contribution in [0.25, 0.3) is 0 Å². The van der Waals surface area contributed by atoms with Gasteiger partial charge in [-0.2, -0.15) is 0 Å². The van der Waals surface area contributed by atoms with E-state index in [2.05, 4.69) is 15.8 Å². The number of nitrogens with zero attached hydrogens (tertiary/aromatic N) is 1. The Balaban J connectivity index is 1.63. The molecule has 11 heteroatoms. The molecule has 10 nitrogen and oxygen atoms in total. The van der Waals surface area contributed by atoms with Crippen LogP contribution < -0.4 is 11.1 Å². The number of fused-ring (bicyclic) bond motifs is 1. The molecule has 2 aliphatic rings. The van der Waals surface area contributed by atoms with Crippen molar-refractivity contribution in [2.24, 2.45) is 0 Å². The minimum Gasteiger partial charge on any atom is -0.435 e. The van der Waals surface area contributed by atoms with E-state index in [0.29, 0.717) is 0 Å². The van der Waals surface area contributed by atoms with Crippen LogP contribution >= 0.6 is 11.8 Å². The van der Waals surface area contributed by atoms with E-state index >= 15 is 0 Å². The number of amides is 2. The van der Waals surface area contributed by atoms with E-state index in [9.17, 15) is 19.2 Å². The van der Waals surface area contributed by atoms with Crippen molar-refractivity contribution in [2.75, 3.05) is 6.61 Å². The molecule has 1 aromatic carbocycles. The average Bonchev–Trinajstić information content (AvgIpc) is 2.99. The number of hydrogen-bond donors (Lipinski definition) is 2. The molecular formula is C21H28N3O7S+. The Kier molecular flexibility index (Phi) is 6.99. The first-order valence-corrected chi connectivity index (χ1v) is 11.2. The predicted molar refractivity (Wildman–Crippen MR) is 114 cm³/mol. The summed E-state index contributed by atoms with van der Waals surface area (Å²) in [6.07, 6.45) is -2.12. The van der Waals surface area contributed by atoms with Crippen molar-refractivity contribution >= 4 is 35.7 Å². The molecule has 0 aromatic heterocycles. The Bertz CT molecular complexity index is 895. The number of nitrogens with one attached hydrogen (secondary N) is 1. The third kappa shape index (κ3) is 4.68. The molecule has 4 N–H and O–H groups in total. The van der Waals surface area contributed by atoms with Gasteiger partial charge in [0.15, 0.2) is 6.04 Å². The van der Waals surface area contributed by atoms with E-state index in [0.717, 1.165) is 5.56 Å². The Morgan fingerprint density at radius 3 is 2.50 bits per heavy atom. The van der Waals surface area contributed by atoms with Crippen molar-refractivity contribution in [2.45, 2.75) is 62.2 Å². The lowest BCUT2D eigenvalue weighted by Crippen LogP contribution is -2.72. The van der Waals surface area contributed by atoms with Gasteiger partial charge in [-0.1, -0.05) is 30.3 Å². The summed E-state index contributed by atoms with van der Waals surface area (Å²) in [4.78, 5) is 51.1. The van der Waals surface area contributed by atoms with Gasteiger partial charge in [-0.25, -0.2) is 9.59 Å². The van der Waals surface area contributed by atoms with Gasteiger partial charge in [-0.3, -0.25) is 9.59 Å². The van der Waals surface area contributed by atoms with E-state index in [1.54, 1.807) is 19.1 Å². The molecule has 2 fully saturated rings. The molecule has 3 rings (SSSR count). The first kappa shape index (κ1) is 23.9. The third-order valence-corrected chi connectivity index (χ3v) is 6.86. The lowest BCUT2D eigenvalue weighted by Gasteiger charge is -2.44. The number of carbonyl (C=O) groups is 4. The van der Waals surface area contributed by atoms with Crippen LogP contribution in [0.4, 0.5) is 4.79 Å². The van der Waals surface area contributed by atoms with Gasteiger partial charge in [0.05, 0.1) is 6.61 Å². The van der Waals surface area contributed by atoms with Gasteiger partial charge in [0.25, 0.3) is 5.91 Å². The molecule has 32 heavy (non-hydrogen) atoms. The molecule has 0 saturated carbocycles. The maximum absolute atomic E-state index is 12.9. The monoisotopic (exact) mass is 466 g/mol. The maximum atomic E-state index is 12.9. The highest BCUT2D eigenvalue weighted by molar-refractivity contribution is 8.01. The summed E-state index contributed by atoms with van der Waals surface area (Å²) in [5.41, 5.74) is 4.64. The van der Waals surface area contributed by atoms with Crippen LogP contribution in [0, 0.1) is 0 Å². The molecule has 1 aromatic rings. The molecule has 0 bridgehead atoms. The molecular weight excluding hydrogens is 438 g/mol. The van der Waals surface area contributed by atoms with Crippen molar-refractivity contribution < 1.29 is 39.1 Å². The van der Waals surface area contributed by atoms with Gasteiger partial charge in [0.2, 0.25) is 12.2 Å². The summed E-state index contributed by atoms with van der Waals surface area (Å²) in [7, 11) is 0. The SMILES string of the molecule is CCOC(=O)OC(C)OC(=O)C1N2C(=O)C(NC(=O)C([NH3+])c3ccccc3)C2SC1(C)C. The molecule has 2 saturated heterocycles. The fraction of sp³-hybridized carbons (Fsp3) is 0.524. The Morgan fingerprint density at radius 1 is 1.22 bits per heavy atom. The highest BCUT2D eigenvalue weighted by Gasteiger charge is 2.64. The minimum atomic E-state index is -1.17. The smallest absolute Gasteiger partial charge is 0.435 e. The largest absolute Gasteiger partial charge is 0.511 e. The normalized spacial score (nSPS) is 25.1. The Labute approximate surface area is 190 Å². The zero-order valence-electron chi connectivity index (χ0n) is 18.4. The number of benzene rings is 1. The van der Waals surface area contributed by atoms with Gasteiger partial charge in [0.1, 0.15) is 17.5 Å². The van der Waals surface area contributed by atoms with Gasteiger partial charge in [-0.05, 0) is 20.8 Å². The van der Waals surface area contributed by atoms with E-state index in [1.165, 1.54) is 23.6 Å². The molecule has 174 valence electrons. The number of β-lactam (4-membered cyclic amide) rings is 1. The van der Waals surface area contributed by atoms with Gasteiger partial charge in [0, 0.05) is 17.2 Å². The summed E-state index contributed by atoms with van der Waals surface area (Å²) in [6.45, 7) is 6.78. The Hall–Kier alpha value is -2.79. The van der Waals surface area contributed by atoms with E-state index in [1.807, 2.05) is 32.0 Å². The topological polar surface area (TPSA) is 139 Å². The van der Waals surface area contributed by atoms with Crippen LogP contribution in [-0.2, 0) is 28.6 Å². The van der Waals surface area contributed by atoms with Crippen LogP contribution in [0.2, 0.25) is 0 Å². The van der Waals surface area contributed by atoms with Crippen LogP contribution in [0.5, 0.6) is 0 Å². The van der Waals surface area contributed by atoms with Crippen molar-refractivity contribution in [3.63, 3.8) is 0 Å². The standard InChI is InChI=1S/C21H27N3O7S/c1-5-29-20(28)31-11(2)30-19(27)15-21(3,4)32-18-14(17(26)24(15)18)23-16(25)13(22)12-9-7-6-8-10-12/h6-11,13-15,18H,5,22H2,1-4H3,(H,23,25)/p+1. The first-order valence-electron chi connectivity index (χ1n) is 10.3. The molecule has 2 aliphatic heterocycles. The second-order valence-electron chi connectivity index (χ2n) is 8.01. The van der Waals surface area contributed by atoms with Crippen LogP contribution in [0.3, 0.4) is 0 Å². The lowest BCUT2D eigenvalue weighted by molar-refractivity contribution is -0.409. The number of esters is 1. The molecule has 0 aliphatic carbocycles. The van der Waals surface area contributed by atoms with Crippen molar-refractivity contribution in [1.29, 1.82) is 0 Å². The molecule has 2 amide bonds. The van der Waals surface area contributed by atoms with E-state index < -0.39 is 46.7 Å². The van der Waals surface area contributed by atoms with Gasteiger partial charge in [-0.15, -0.1) is 11.8 Å². The summed E-state index contributed by atoms with van der Waals surface area (Å²) in [5.74, 6) is -1.43. The van der Waals surface area contributed by atoms with Gasteiger partial charge < -0.3 is 30.2 Å². The van der Waals surface area contributed by atoms with E-state index in [-0.39, 0.29) is 18.4 Å². The predicted octanol–water partition coefficient (Wildman–Crippen LogP) is 0.579. The average molecular weight is 467 g/mol. The summed E-state index contributed by atoms with van der Waals surface area (Å²) >= 11 is 1.40. The maximum Gasteiger partial charge on any atom is 0.511 e. The van der Waals surface area contributed by atoms with Gasteiger partial charge >= 0.3 is 12.1 Å².